The van der Waals surface area contributed by atoms with Gasteiger partial charge in [0.05, 0.1) is 30.7 Å². The topological polar surface area (TPSA) is 127 Å². The zero-order valence-electron chi connectivity index (χ0n) is 19.7. The maximum Gasteiger partial charge on any atom is 0.306 e. The summed E-state index contributed by atoms with van der Waals surface area (Å²) < 4.78 is 11.3. The van der Waals surface area contributed by atoms with Crippen molar-refractivity contribution in [2.24, 2.45) is 17.6 Å². The summed E-state index contributed by atoms with van der Waals surface area (Å²) >= 11 is 0. The molecule has 35 heavy (non-hydrogen) atoms. The highest BCUT2D eigenvalue weighted by atomic mass is 35.5. The number of carbonyl (C=O) groups excluding carboxylic acids is 2. The van der Waals surface area contributed by atoms with Gasteiger partial charge in [-0.1, -0.05) is 19.3 Å². The first-order chi connectivity index (χ1) is 16.5. The van der Waals surface area contributed by atoms with E-state index in [-0.39, 0.29) is 48.5 Å². The average molecular weight is 501 g/mol. The average Bonchev–Trinajstić information content (AvgIpc) is 3.21. The van der Waals surface area contributed by atoms with Crippen LogP contribution in [-0.2, 0) is 14.3 Å². The predicted octanol–water partition coefficient (Wildman–Crippen LogP) is 3.85. The minimum absolute atomic E-state index is 0. The summed E-state index contributed by atoms with van der Waals surface area (Å²) in [5.41, 5.74) is 7.74. The molecule has 1 aliphatic heterocycles. The van der Waals surface area contributed by atoms with E-state index in [0.29, 0.717) is 36.9 Å². The lowest BCUT2D eigenvalue weighted by molar-refractivity contribution is -0.147. The van der Waals surface area contributed by atoms with Gasteiger partial charge in [-0.25, -0.2) is 0 Å². The molecule has 2 aromatic rings. The Labute approximate surface area is 211 Å². The summed E-state index contributed by atoms with van der Waals surface area (Å²) in [6, 6.07) is 11.0. The number of nitrogens with zero attached hydrogens (tertiary/aromatic N) is 1. The minimum atomic E-state index is -0.362. The van der Waals surface area contributed by atoms with Crippen molar-refractivity contribution in [3.8, 4) is 17.0 Å². The zero-order chi connectivity index (χ0) is 23.9. The summed E-state index contributed by atoms with van der Waals surface area (Å²) in [6.45, 7) is 0.816. The summed E-state index contributed by atoms with van der Waals surface area (Å²) in [4.78, 5) is 28.9. The first kappa shape index (κ1) is 26.5. The Morgan fingerprint density at radius 3 is 2.49 bits per heavy atom. The van der Waals surface area contributed by atoms with Gasteiger partial charge in [0.15, 0.2) is 0 Å². The molecule has 1 saturated carbocycles. The van der Waals surface area contributed by atoms with Crippen molar-refractivity contribution in [2.75, 3.05) is 13.2 Å². The number of ether oxygens (including phenoxy) is 2. The Kier molecular flexibility index (Phi) is 9.48. The van der Waals surface area contributed by atoms with Crippen molar-refractivity contribution in [1.82, 2.24) is 10.3 Å². The van der Waals surface area contributed by atoms with E-state index in [1.165, 1.54) is 19.3 Å². The Bertz CT molecular complexity index is 1010. The Morgan fingerprint density at radius 1 is 1.09 bits per heavy atom. The highest BCUT2D eigenvalue weighted by Gasteiger charge is 2.34. The number of amides is 1. The molecule has 4 N–H and O–H groups in total. The molecule has 1 saturated heterocycles. The van der Waals surface area contributed by atoms with Crippen molar-refractivity contribution in [2.45, 2.75) is 51.0 Å². The van der Waals surface area contributed by atoms with Crippen LogP contribution in [0.3, 0.4) is 0 Å². The molecule has 1 aliphatic carbocycles. The van der Waals surface area contributed by atoms with Crippen LogP contribution >= 0.6 is 12.4 Å². The van der Waals surface area contributed by atoms with Crippen LogP contribution in [-0.4, -0.2) is 42.0 Å². The normalized spacial score (nSPS) is 19.9. The van der Waals surface area contributed by atoms with Gasteiger partial charge in [0, 0.05) is 17.3 Å². The summed E-state index contributed by atoms with van der Waals surface area (Å²) in [5, 5.41) is 10.4. The smallest absolute Gasteiger partial charge is 0.306 e. The Balaban J connectivity index is 0.00000342. The molecule has 1 aromatic carbocycles. The van der Waals surface area contributed by atoms with Crippen LogP contribution < -0.4 is 15.8 Å². The van der Waals surface area contributed by atoms with Gasteiger partial charge < -0.3 is 20.5 Å². The number of pyridine rings is 1. The van der Waals surface area contributed by atoms with Crippen molar-refractivity contribution in [3.05, 3.63) is 48.2 Å². The van der Waals surface area contributed by atoms with Crippen LogP contribution in [0.2, 0.25) is 0 Å². The van der Waals surface area contributed by atoms with E-state index in [4.69, 9.17) is 20.6 Å². The molecule has 188 valence electrons. The molecule has 1 aromatic heterocycles. The second-order valence-electron chi connectivity index (χ2n) is 9.21. The summed E-state index contributed by atoms with van der Waals surface area (Å²) in [7, 11) is 0. The van der Waals surface area contributed by atoms with Gasteiger partial charge in [-0.05, 0) is 61.6 Å². The van der Waals surface area contributed by atoms with E-state index in [0.717, 1.165) is 24.1 Å². The molecule has 0 spiro atoms. The minimum Gasteiger partial charge on any atom is -0.491 e. The number of carbonyl (C=O) groups is 2. The van der Waals surface area contributed by atoms with Crippen molar-refractivity contribution in [3.63, 3.8) is 0 Å². The second-order valence-corrected chi connectivity index (χ2v) is 9.21. The fraction of sp³-hybridized carbons (Fsp3) is 0.462. The SMILES string of the molecule is Cl.N=C(N)c1ccc(-c2ccc(OC[C@@H]3C[C@@H](CC(=O)OCC4CCCCC4)C(=O)N3)cc2)nc1. The third-order valence-electron chi connectivity index (χ3n) is 6.58. The van der Waals surface area contributed by atoms with E-state index in [9.17, 15) is 9.59 Å². The largest absolute Gasteiger partial charge is 0.491 e. The number of esters is 1. The molecule has 1 amide bonds. The number of nitrogen functional groups attached to an aromatic ring is 1. The number of halogens is 1. The number of benzene rings is 1. The molecule has 2 aliphatic rings. The number of hydrogen-bond acceptors (Lipinski definition) is 6. The maximum atomic E-state index is 12.3. The van der Waals surface area contributed by atoms with E-state index >= 15 is 0 Å². The van der Waals surface area contributed by atoms with Gasteiger partial charge in [-0.3, -0.25) is 20.0 Å². The lowest BCUT2D eigenvalue weighted by Gasteiger charge is -2.21. The van der Waals surface area contributed by atoms with Gasteiger partial charge in [0.2, 0.25) is 5.91 Å². The summed E-state index contributed by atoms with van der Waals surface area (Å²) in [5.74, 6) is 0.387. The fourth-order valence-corrected chi connectivity index (χ4v) is 4.58. The number of amidine groups is 1. The van der Waals surface area contributed by atoms with E-state index in [1.807, 2.05) is 30.3 Å². The van der Waals surface area contributed by atoms with E-state index in [2.05, 4.69) is 10.3 Å². The first-order valence-corrected chi connectivity index (χ1v) is 12.0. The number of hydrogen-bond donors (Lipinski definition) is 3. The summed E-state index contributed by atoms with van der Waals surface area (Å²) in [6.07, 6.45) is 8.20. The van der Waals surface area contributed by atoms with Gasteiger partial charge >= 0.3 is 5.97 Å². The standard InChI is InChI=1S/C26H32N4O4.ClH/c27-25(28)19-8-11-23(29-14-19)18-6-9-22(10-7-18)33-16-21-12-20(26(32)30-21)13-24(31)34-15-17-4-2-1-3-5-17;/h6-11,14,17,20-21H,1-5,12-13,15-16H2,(H3,27,28)(H,30,32);1H/t20-,21-;/m0./s1. The highest BCUT2D eigenvalue weighted by Crippen LogP contribution is 2.26. The molecule has 9 heteroatoms. The highest BCUT2D eigenvalue weighted by molar-refractivity contribution is 5.94. The lowest BCUT2D eigenvalue weighted by Crippen LogP contribution is -2.31. The monoisotopic (exact) mass is 500 g/mol. The number of aromatic nitrogens is 1. The van der Waals surface area contributed by atoms with Crippen LogP contribution in [0.15, 0.2) is 42.6 Å². The molecule has 0 unspecified atom stereocenters. The van der Waals surface area contributed by atoms with Crippen molar-refractivity contribution < 1.29 is 19.1 Å². The molecular formula is C26H33ClN4O4. The van der Waals surface area contributed by atoms with Gasteiger partial charge in [-0.15, -0.1) is 12.4 Å². The van der Waals surface area contributed by atoms with Crippen LogP contribution in [0.1, 0.15) is 50.5 Å². The van der Waals surface area contributed by atoms with Gasteiger partial charge in [0.25, 0.3) is 0 Å². The molecule has 2 atom stereocenters. The maximum absolute atomic E-state index is 12.3. The van der Waals surface area contributed by atoms with Crippen LogP contribution in [0.4, 0.5) is 0 Å². The Hall–Kier alpha value is -3.13. The Morgan fingerprint density at radius 2 is 1.83 bits per heavy atom. The molecule has 0 radical (unpaired) electrons. The molecular weight excluding hydrogens is 468 g/mol. The third kappa shape index (κ3) is 7.42. The predicted molar refractivity (Wildman–Crippen MR) is 136 cm³/mol. The molecule has 0 bridgehead atoms. The third-order valence-corrected chi connectivity index (χ3v) is 6.58. The number of nitrogens with one attached hydrogen (secondary N) is 2. The van der Waals surface area contributed by atoms with Gasteiger partial charge in [-0.2, -0.15) is 0 Å². The fourth-order valence-electron chi connectivity index (χ4n) is 4.58. The molecule has 8 nitrogen and oxygen atoms in total. The zero-order valence-corrected chi connectivity index (χ0v) is 20.5. The van der Waals surface area contributed by atoms with Crippen LogP contribution in [0.25, 0.3) is 11.3 Å². The van der Waals surface area contributed by atoms with E-state index in [1.54, 1.807) is 12.3 Å². The quantitative estimate of drug-likeness (QED) is 0.272. The van der Waals surface area contributed by atoms with Crippen molar-refractivity contribution in [1.29, 1.82) is 5.41 Å². The molecule has 2 heterocycles. The lowest BCUT2D eigenvalue weighted by atomic mass is 9.90. The molecule has 4 rings (SSSR count). The van der Waals surface area contributed by atoms with Crippen LogP contribution in [0, 0.1) is 17.2 Å². The number of rotatable bonds is 9. The van der Waals surface area contributed by atoms with Crippen molar-refractivity contribution >= 4 is 30.1 Å². The van der Waals surface area contributed by atoms with Crippen LogP contribution in [0.5, 0.6) is 5.75 Å². The molecule has 2 fully saturated rings. The second kappa shape index (κ2) is 12.5. The first-order valence-electron chi connectivity index (χ1n) is 12.0. The van der Waals surface area contributed by atoms with E-state index < -0.39 is 0 Å². The number of nitrogens with two attached hydrogens (primary N) is 1. The van der Waals surface area contributed by atoms with Gasteiger partial charge in [0.1, 0.15) is 18.2 Å².